The van der Waals surface area contributed by atoms with E-state index in [0.717, 1.165) is 16.8 Å². The fraction of sp³-hybridized carbons (Fsp3) is 0.222. The Labute approximate surface area is 130 Å². The van der Waals surface area contributed by atoms with E-state index in [2.05, 4.69) is 40.4 Å². The van der Waals surface area contributed by atoms with Gasteiger partial charge in [0.2, 0.25) is 0 Å². The molecule has 1 N–H and O–H groups in total. The first-order chi connectivity index (χ1) is 10.5. The zero-order valence-corrected chi connectivity index (χ0v) is 13.3. The molecule has 4 heteroatoms. The van der Waals surface area contributed by atoms with E-state index in [9.17, 15) is 4.79 Å². The second kappa shape index (κ2) is 6.89. The van der Waals surface area contributed by atoms with Crippen molar-refractivity contribution in [2.24, 2.45) is 5.16 Å². The largest absolute Gasteiger partial charge is 0.399 e. The summed E-state index contributed by atoms with van der Waals surface area (Å²) >= 11 is 0. The van der Waals surface area contributed by atoms with Gasteiger partial charge in [-0.25, -0.2) is 0 Å². The molecule has 2 aromatic carbocycles. The van der Waals surface area contributed by atoms with E-state index in [-0.39, 0.29) is 11.6 Å². The molecule has 0 radical (unpaired) electrons. The summed E-state index contributed by atoms with van der Waals surface area (Å²) in [5.74, 6) is -0.271. The third-order valence-corrected chi connectivity index (χ3v) is 3.57. The SMILES string of the molecule is CO/N=C(\C)C(=O)Nc1cccc(-c2ccccc2C)c1C. The Kier molecular flexibility index (Phi) is 4.94. The van der Waals surface area contributed by atoms with Gasteiger partial charge >= 0.3 is 0 Å². The smallest absolute Gasteiger partial charge is 0.273 e. The van der Waals surface area contributed by atoms with Crippen molar-refractivity contribution in [3.8, 4) is 11.1 Å². The molecule has 0 aromatic heterocycles. The number of hydrogen-bond donors (Lipinski definition) is 1. The maximum atomic E-state index is 12.0. The number of hydrogen-bond acceptors (Lipinski definition) is 3. The predicted molar refractivity (Wildman–Crippen MR) is 90.1 cm³/mol. The number of carbonyl (C=O) groups excluding carboxylic acids is 1. The molecule has 0 heterocycles. The van der Waals surface area contributed by atoms with Gasteiger partial charge in [0.1, 0.15) is 12.8 Å². The van der Waals surface area contributed by atoms with Crippen LogP contribution < -0.4 is 5.32 Å². The minimum absolute atomic E-state index is 0.271. The molecule has 1 amide bonds. The van der Waals surface area contributed by atoms with Gasteiger partial charge in [-0.05, 0) is 49.1 Å². The Balaban J connectivity index is 2.37. The second-order valence-corrected chi connectivity index (χ2v) is 5.11. The highest BCUT2D eigenvalue weighted by Crippen LogP contribution is 2.30. The maximum absolute atomic E-state index is 12.0. The Bertz CT molecular complexity index is 721. The lowest BCUT2D eigenvalue weighted by Crippen LogP contribution is -2.21. The van der Waals surface area contributed by atoms with Crippen molar-refractivity contribution in [3.63, 3.8) is 0 Å². The molecule has 0 bridgehead atoms. The topological polar surface area (TPSA) is 50.7 Å². The van der Waals surface area contributed by atoms with E-state index in [0.29, 0.717) is 0 Å². The van der Waals surface area contributed by atoms with Crippen molar-refractivity contribution in [1.29, 1.82) is 0 Å². The molecule has 0 saturated heterocycles. The molecular weight excluding hydrogens is 276 g/mol. The quantitative estimate of drug-likeness (QED) is 0.686. The van der Waals surface area contributed by atoms with Crippen LogP contribution in [0.2, 0.25) is 0 Å². The van der Waals surface area contributed by atoms with Gasteiger partial charge in [0.15, 0.2) is 0 Å². The van der Waals surface area contributed by atoms with Crippen molar-refractivity contribution in [3.05, 3.63) is 53.6 Å². The van der Waals surface area contributed by atoms with Gasteiger partial charge < -0.3 is 10.2 Å². The molecule has 0 aliphatic carbocycles. The number of rotatable bonds is 4. The molecule has 22 heavy (non-hydrogen) atoms. The van der Waals surface area contributed by atoms with E-state index in [1.165, 1.54) is 18.2 Å². The van der Waals surface area contributed by atoms with Gasteiger partial charge in [-0.3, -0.25) is 4.79 Å². The molecule has 2 rings (SSSR count). The Morgan fingerprint density at radius 3 is 2.41 bits per heavy atom. The lowest BCUT2D eigenvalue weighted by Gasteiger charge is -2.14. The minimum atomic E-state index is -0.271. The lowest BCUT2D eigenvalue weighted by molar-refractivity contribution is -0.110. The summed E-state index contributed by atoms with van der Waals surface area (Å²) in [6.45, 7) is 5.69. The predicted octanol–water partition coefficient (Wildman–Crippen LogP) is 3.93. The van der Waals surface area contributed by atoms with Crippen LogP contribution in [0.3, 0.4) is 0 Å². The zero-order valence-electron chi connectivity index (χ0n) is 13.3. The van der Waals surface area contributed by atoms with E-state index in [4.69, 9.17) is 0 Å². The molecule has 0 spiro atoms. The summed E-state index contributed by atoms with van der Waals surface area (Å²) in [6, 6.07) is 14.1. The van der Waals surface area contributed by atoms with Gasteiger partial charge in [-0.2, -0.15) is 0 Å². The number of carbonyl (C=O) groups is 1. The highest BCUT2D eigenvalue weighted by molar-refractivity contribution is 6.42. The van der Waals surface area contributed by atoms with Gasteiger partial charge in [0.25, 0.3) is 5.91 Å². The van der Waals surface area contributed by atoms with Crippen molar-refractivity contribution < 1.29 is 9.63 Å². The number of anilines is 1. The lowest BCUT2D eigenvalue weighted by atomic mass is 9.95. The average molecular weight is 296 g/mol. The van der Waals surface area contributed by atoms with Crippen molar-refractivity contribution in [1.82, 2.24) is 0 Å². The van der Waals surface area contributed by atoms with Crippen LogP contribution >= 0.6 is 0 Å². The van der Waals surface area contributed by atoms with Crippen LogP contribution in [0.1, 0.15) is 18.1 Å². The number of oxime groups is 1. The Morgan fingerprint density at radius 1 is 1.05 bits per heavy atom. The average Bonchev–Trinajstić information content (AvgIpc) is 2.50. The van der Waals surface area contributed by atoms with Crippen LogP contribution in [-0.2, 0) is 9.63 Å². The molecule has 0 aliphatic rings. The number of nitrogens with one attached hydrogen (secondary N) is 1. The van der Waals surface area contributed by atoms with Crippen LogP contribution in [0, 0.1) is 13.8 Å². The number of nitrogens with zero attached hydrogens (tertiary/aromatic N) is 1. The fourth-order valence-electron chi connectivity index (χ4n) is 2.33. The highest BCUT2D eigenvalue weighted by atomic mass is 16.6. The van der Waals surface area contributed by atoms with Gasteiger partial charge in [-0.1, -0.05) is 41.6 Å². The molecule has 0 fully saturated rings. The Hall–Kier alpha value is -2.62. The molecular formula is C18H20N2O2. The fourth-order valence-corrected chi connectivity index (χ4v) is 2.33. The van der Waals surface area contributed by atoms with E-state index < -0.39 is 0 Å². The molecule has 4 nitrogen and oxygen atoms in total. The van der Waals surface area contributed by atoms with Crippen molar-refractivity contribution >= 4 is 17.3 Å². The molecule has 114 valence electrons. The van der Waals surface area contributed by atoms with Crippen LogP contribution in [0.15, 0.2) is 47.6 Å². The molecule has 0 atom stereocenters. The summed E-state index contributed by atoms with van der Waals surface area (Å²) < 4.78 is 0. The third kappa shape index (κ3) is 3.34. The second-order valence-electron chi connectivity index (χ2n) is 5.11. The summed E-state index contributed by atoms with van der Waals surface area (Å²) in [5, 5.41) is 6.52. The monoisotopic (exact) mass is 296 g/mol. The summed E-state index contributed by atoms with van der Waals surface area (Å²) in [4.78, 5) is 16.7. The molecule has 0 saturated carbocycles. The van der Waals surface area contributed by atoms with E-state index in [1.54, 1.807) is 6.92 Å². The summed E-state index contributed by atoms with van der Waals surface area (Å²) in [7, 11) is 1.42. The summed E-state index contributed by atoms with van der Waals surface area (Å²) in [5.41, 5.74) is 5.55. The molecule has 0 unspecified atom stereocenters. The molecule has 2 aromatic rings. The number of aryl methyl sites for hydroxylation is 1. The van der Waals surface area contributed by atoms with Crippen LogP contribution in [0.5, 0.6) is 0 Å². The van der Waals surface area contributed by atoms with Gasteiger partial charge in [0, 0.05) is 5.69 Å². The van der Waals surface area contributed by atoms with Crippen molar-refractivity contribution in [2.45, 2.75) is 20.8 Å². The number of benzene rings is 2. The van der Waals surface area contributed by atoms with E-state index >= 15 is 0 Å². The van der Waals surface area contributed by atoms with Gasteiger partial charge in [-0.15, -0.1) is 0 Å². The summed E-state index contributed by atoms with van der Waals surface area (Å²) in [6.07, 6.45) is 0. The first-order valence-corrected chi connectivity index (χ1v) is 7.09. The van der Waals surface area contributed by atoms with Crippen LogP contribution in [0.4, 0.5) is 5.69 Å². The number of amides is 1. The zero-order chi connectivity index (χ0) is 16.1. The maximum Gasteiger partial charge on any atom is 0.273 e. The first kappa shape index (κ1) is 15.8. The standard InChI is InChI=1S/C18H20N2O2/c1-12-8-5-6-9-15(12)16-10-7-11-17(13(16)2)19-18(21)14(3)20-22-4/h5-11H,1-4H3,(H,19,21)/b20-14+. The molecule has 0 aliphatic heterocycles. The van der Waals surface area contributed by atoms with Crippen LogP contribution in [-0.4, -0.2) is 18.7 Å². The Morgan fingerprint density at radius 2 is 1.73 bits per heavy atom. The van der Waals surface area contributed by atoms with E-state index in [1.807, 2.05) is 31.2 Å². The van der Waals surface area contributed by atoms with Gasteiger partial charge in [0.05, 0.1) is 0 Å². The normalized spacial score (nSPS) is 11.2. The van der Waals surface area contributed by atoms with Crippen molar-refractivity contribution in [2.75, 3.05) is 12.4 Å². The first-order valence-electron chi connectivity index (χ1n) is 7.09. The van der Waals surface area contributed by atoms with Crippen LogP contribution in [0.25, 0.3) is 11.1 Å². The minimum Gasteiger partial charge on any atom is -0.399 e. The highest BCUT2D eigenvalue weighted by Gasteiger charge is 2.12. The third-order valence-electron chi connectivity index (χ3n) is 3.57.